The number of carbonyl (C=O) groups is 2. The van der Waals surface area contributed by atoms with Gasteiger partial charge in [0.25, 0.3) is 0 Å². The highest BCUT2D eigenvalue weighted by atomic mass is 16.5. The molecule has 27 heavy (non-hydrogen) atoms. The first-order chi connectivity index (χ1) is 13.1. The molecular weight excluding hydrogens is 348 g/mol. The van der Waals surface area contributed by atoms with Gasteiger partial charge < -0.3 is 19.7 Å². The Hall–Kier alpha value is -2.00. The molecule has 0 aliphatic carbocycles. The van der Waals surface area contributed by atoms with Crippen LogP contribution in [0.4, 0.5) is 0 Å². The van der Waals surface area contributed by atoms with Crippen molar-refractivity contribution >= 4 is 11.8 Å². The lowest BCUT2D eigenvalue weighted by Gasteiger charge is -2.33. The molecule has 8 heteroatoms. The Morgan fingerprint density at radius 2 is 2.07 bits per heavy atom. The maximum absolute atomic E-state index is 12.9. The average molecular weight is 376 g/mol. The summed E-state index contributed by atoms with van der Waals surface area (Å²) in [5.41, 5.74) is 7.34. The number of ether oxygens (including phenoxy) is 2. The number of rotatable bonds is 6. The van der Waals surface area contributed by atoms with E-state index >= 15 is 0 Å². The number of nitrogens with one attached hydrogen (secondary N) is 3. The zero-order chi connectivity index (χ0) is 19.2. The number of hydrogen-bond donors (Lipinski definition) is 3. The fraction of sp³-hybridized carbons (Fsp3) is 0.579. The summed E-state index contributed by atoms with van der Waals surface area (Å²) < 4.78 is 11.2. The summed E-state index contributed by atoms with van der Waals surface area (Å²) in [6, 6.07) is 9.66. The van der Waals surface area contributed by atoms with E-state index in [9.17, 15) is 9.59 Å². The van der Waals surface area contributed by atoms with Gasteiger partial charge in [0, 0.05) is 27.2 Å². The monoisotopic (exact) mass is 376 g/mol. The summed E-state index contributed by atoms with van der Waals surface area (Å²) >= 11 is 0. The minimum atomic E-state index is -0.330. The lowest BCUT2D eigenvalue weighted by atomic mass is 9.93. The fourth-order valence-electron chi connectivity index (χ4n) is 3.36. The fourth-order valence-corrected chi connectivity index (χ4v) is 3.36. The molecule has 3 rings (SSSR count). The van der Waals surface area contributed by atoms with Crippen LogP contribution in [0.5, 0.6) is 0 Å². The third-order valence-electron chi connectivity index (χ3n) is 5.03. The Morgan fingerprint density at radius 3 is 2.81 bits per heavy atom. The molecule has 2 aliphatic heterocycles. The molecule has 8 nitrogen and oxygen atoms in total. The molecule has 0 radical (unpaired) electrons. The van der Waals surface area contributed by atoms with Crippen LogP contribution in [-0.2, 0) is 19.1 Å². The van der Waals surface area contributed by atoms with Crippen LogP contribution in [0.25, 0.3) is 0 Å². The van der Waals surface area contributed by atoms with Crippen molar-refractivity contribution in [3.05, 3.63) is 35.9 Å². The molecule has 1 aromatic rings. The first kappa shape index (κ1) is 19.8. The largest absolute Gasteiger partial charge is 0.379 e. The molecule has 2 heterocycles. The van der Waals surface area contributed by atoms with Gasteiger partial charge in [-0.25, -0.2) is 5.43 Å². The van der Waals surface area contributed by atoms with Crippen LogP contribution in [0.1, 0.15) is 18.0 Å². The first-order valence-electron chi connectivity index (χ1n) is 9.29. The van der Waals surface area contributed by atoms with Crippen molar-refractivity contribution in [2.45, 2.75) is 24.6 Å². The van der Waals surface area contributed by atoms with Gasteiger partial charge in [0.1, 0.15) is 12.7 Å². The number of likely N-dealkylation sites (N-methyl/N-ethyl adjacent to an activating group) is 1. The van der Waals surface area contributed by atoms with Crippen molar-refractivity contribution in [3.63, 3.8) is 0 Å². The van der Waals surface area contributed by atoms with Crippen LogP contribution in [0, 0.1) is 5.92 Å². The summed E-state index contributed by atoms with van der Waals surface area (Å²) in [6.07, 6.45) is 0.333. The van der Waals surface area contributed by atoms with Gasteiger partial charge >= 0.3 is 0 Å². The molecule has 4 atom stereocenters. The highest BCUT2D eigenvalue weighted by Crippen LogP contribution is 2.25. The minimum Gasteiger partial charge on any atom is -0.379 e. The maximum Gasteiger partial charge on any atom is 0.248 e. The van der Waals surface area contributed by atoms with Crippen LogP contribution in [0.2, 0.25) is 0 Å². The average Bonchev–Trinajstić information content (AvgIpc) is 3.17. The Kier molecular flexibility index (Phi) is 6.78. The Bertz CT molecular complexity index is 640. The van der Waals surface area contributed by atoms with E-state index in [4.69, 9.17) is 9.47 Å². The van der Waals surface area contributed by atoms with E-state index < -0.39 is 0 Å². The number of benzene rings is 1. The van der Waals surface area contributed by atoms with Crippen molar-refractivity contribution < 1.29 is 19.1 Å². The van der Waals surface area contributed by atoms with Crippen molar-refractivity contribution in [3.8, 4) is 0 Å². The quantitative estimate of drug-likeness (QED) is 0.639. The summed E-state index contributed by atoms with van der Waals surface area (Å²) in [5, 5.41) is 3.11. The molecule has 0 spiro atoms. The van der Waals surface area contributed by atoms with Crippen LogP contribution in [-0.4, -0.2) is 69.3 Å². The Labute approximate surface area is 159 Å². The molecule has 2 unspecified atom stereocenters. The Balaban J connectivity index is 1.60. The van der Waals surface area contributed by atoms with Crippen LogP contribution in [0.3, 0.4) is 0 Å². The highest BCUT2D eigenvalue weighted by Gasteiger charge is 2.37. The smallest absolute Gasteiger partial charge is 0.248 e. The number of hydrazine groups is 1. The summed E-state index contributed by atoms with van der Waals surface area (Å²) in [5.74, 6) is -0.362. The molecule has 148 valence electrons. The molecule has 2 aliphatic rings. The van der Waals surface area contributed by atoms with Crippen molar-refractivity contribution in [1.82, 2.24) is 21.1 Å². The SMILES string of the molecule is CN(C)C(=O)CO[C@@H]1COCC[C@H]1NC(=O)C1CNNC1c1ccccc1. The second-order valence-corrected chi connectivity index (χ2v) is 7.14. The molecule has 1 aromatic carbocycles. The molecular formula is C19H28N4O4. The molecule has 3 N–H and O–H groups in total. The van der Waals surface area contributed by atoms with E-state index in [0.717, 1.165) is 5.56 Å². The Morgan fingerprint density at radius 1 is 1.30 bits per heavy atom. The van der Waals surface area contributed by atoms with Gasteiger partial charge in [-0.1, -0.05) is 30.3 Å². The van der Waals surface area contributed by atoms with Gasteiger partial charge in [-0.05, 0) is 12.0 Å². The molecule has 0 saturated carbocycles. The van der Waals surface area contributed by atoms with Gasteiger partial charge in [0.15, 0.2) is 0 Å². The standard InChI is InChI=1S/C19H28N4O4/c1-23(2)17(24)12-27-16-11-26-9-8-15(16)21-19(25)14-10-20-22-18(14)13-6-4-3-5-7-13/h3-7,14-16,18,20,22H,8-12H2,1-2H3,(H,21,25)/t14?,15-,16-,18?/m1/s1. The zero-order valence-electron chi connectivity index (χ0n) is 15.8. The predicted octanol–water partition coefficient (Wildman–Crippen LogP) is -0.170. The van der Waals surface area contributed by atoms with Gasteiger partial charge in [-0.15, -0.1) is 0 Å². The van der Waals surface area contributed by atoms with Gasteiger partial charge in [0.2, 0.25) is 11.8 Å². The second-order valence-electron chi connectivity index (χ2n) is 7.14. The van der Waals surface area contributed by atoms with E-state index in [1.165, 1.54) is 4.90 Å². The van der Waals surface area contributed by atoms with Crippen LogP contribution in [0.15, 0.2) is 30.3 Å². The summed E-state index contributed by atoms with van der Waals surface area (Å²) in [6.45, 7) is 1.47. The topological polar surface area (TPSA) is 91.9 Å². The molecule has 2 fully saturated rings. The van der Waals surface area contributed by atoms with E-state index in [-0.39, 0.29) is 42.5 Å². The molecule has 0 bridgehead atoms. The van der Waals surface area contributed by atoms with E-state index in [2.05, 4.69) is 16.2 Å². The summed E-state index contributed by atoms with van der Waals surface area (Å²) in [7, 11) is 3.37. The van der Waals surface area contributed by atoms with Crippen molar-refractivity contribution in [2.75, 3.05) is 40.5 Å². The van der Waals surface area contributed by atoms with Crippen LogP contribution >= 0.6 is 0 Å². The van der Waals surface area contributed by atoms with Crippen molar-refractivity contribution in [1.29, 1.82) is 0 Å². The maximum atomic E-state index is 12.9. The van der Waals surface area contributed by atoms with Gasteiger partial charge in [-0.2, -0.15) is 0 Å². The van der Waals surface area contributed by atoms with Crippen molar-refractivity contribution in [2.24, 2.45) is 5.92 Å². The van der Waals surface area contributed by atoms with E-state index in [0.29, 0.717) is 26.2 Å². The number of nitrogens with zero attached hydrogens (tertiary/aromatic N) is 1. The molecule has 2 saturated heterocycles. The number of carbonyl (C=O) groups excluding carboxylic acids is 2. The van der Waals surface area contributed by atoms with E-state index in [1.807, 2.05) is 30.3 Å². The van der Waals surface area contributed by atoms with Gasteiger partial charge in [0.05, 0.1) is 24.6 Å². The second kappa shape index (κ2) is 9.27. The lowest BCUT2D eigenvalue weighted by Crippen LogP contribution is -2.52. The third-order valence-corrected chi connectivity index (χ3v) is 5.03. The molecule has 0 aromatic heterocycles. The zero-order valence-corrected chi connectivity index (χ0v) is 15.8. The summed E-state index contributed by atoms with van der Waals surface area (Å²) in [4.78, 5) is 26.2. The normalized spacial score (nSPS) is 27.9. The predicted molar refractivity (Wildman–Crippen MR) is 99.6 cm³/mol. The van der Waals surface area contributed by atoms with Crippen LogP contribution < -0.4 is 16.2 Å². The van der Waals surface area contributed by atoms with E-state index in [1.54, 1.807) is 14.1 Å². The first-order valence-corrected chi connectivity index (χ1v) is 9.29. The third kappa shape index (κ3) is 5.04. The van der Waals surface area contributed by atoms with Gasteiger partial charge in [-0.3, -0.25) is 15.0 Å². The lowest BCUT2D eigenvalue weighted by molar-refractivity contribution is -0.141. The minimum absolute atomic E-state index is 0.0213. The highest BCUT2D eigenvalue weighted by molar-refractivity contribution is 5.80. The molecule has 2 amide bonds. The number of hydrogen-bond acceptors (Lipinski definition) is 6. The number of amides is 2.